The Morgan fingerprint density at radius 2 is 1.60 bits per heavy atom. The lowest BCUT2D eigenvalue weighted by molar-refractivity contribution is -0.120. The fourth-order valence-corrected chi connectivity index (χ4v) is 2.40. The molecule has 1 aromatic heterocycles. The van der Waals surface area contributed by atoms with Crippen LogP contribution in [0.3, 0.4) is 0 Å². The number of hydrogen-bond acceptors (Lipinski definition) is 4. The Kier molecular flexibility index (Phi) is 4.84. The van der Waals surface area contributed by atoms with E-state index in [0.717, 1.165) is 0 Å². The molecule has 1 heterocycles. The highest BCUT2D eigenvalue weighted by atomic mass is 16.2. The van der Waals surface area contributed by atoms with Gasteiger partial charge in [0.1, 0.15) is 0 Å². The highest BCUT2D eigenvalue weighted by Gasteiger charge is 2.09. The van der Waals surface area contributed by atoms with Crippen molar-refractivity contribution in [2.24, 2.45) is 0 Å². The van der Waals surface area contributed by atoms with Crippen LogP contribution in [0.2, 0.25) is 0 Å². The number of aromatic nitrogens is 2. The highest BCUT2D eigenvalue weighted by molar-refractivity contribution is 5.96. The second kappa shape index (κ2) is 7.39. The molecule has 0 bridgehead atoms. The van der Waals surface area contributed by atoms with E-state index in [9.17, 15) is 14.4 Å². The topological polar surface area (TPSA) is 104 Å². The van der Waals surface area contributed by atoms with Gasteiger partial charge in [-0.05, 0) is 18.2 Å². The maximum absolute atomic E-state index is 11.9. The third-order valence-corrected chi connectivity index (χ3v) is 3.67. The van der Waals surface area contributed by atoms with Crippen molar-refractivity contribution in [3.63, 3.8) is 0 Å². The quantitative estimate of drug-likeness (QED) is 0.646. The van der Waals surface area contributed by atoms with Crippen molar-refractivity contribution in [1.29, 1.82) is 0 Å². The number of carbonyl (C=O) groups is 2. The average Bonchev–Trinajstić information content (AvgIpc) is 2.66. The fraction of sp³-hybridized carbons (Fsp3) is 0.111. The zero-order valence-electron chi connectivity index (χ0n) is 13.3. The number of hydrogen-bond donors (Lipinski definition) is 3. The molecule has 25 heavy (non-hydrogen) atoms. The SMILES string of the molecule is O=C(CNC(=O)c1ccccc1)NCc1n[nH]c(=O)c2ccccc12. The molecule has 3 N–H and O–H groups in total. The van der Waals surface area contributed by atoms with Crippen LogP contribution >= 0.6 is 0 Å². The highest BCUT2D eigenvalue weighted by Crippen LogP contribution is 2.11. The van der Waals surface area contributed by atoms with Crippen LogP contribution in [-0.4, -0.2) is 28.6 Å². The van der Waals surface area contributed by atoms with E-state index in [1.165, 1.54) is 0 Å². The predicted molar refractivity (Wildman–Crippen MR) is 93.0 cm³/mol. The first-order valence-corrected chi connectivity index (χ1v) is 7.71. The summed E-state index contributed by atoms with van der Waals surface area (Å²) in [6, 6.07) is 15.7. The number of nitrogens with zero attached hydrogens (tertiary/aromatic N) is 1. The molecular weight excluding hydrogens is 320 g/mol. The number of aromatic amines is 1. The summed E-state index contributed by atoms with van der Waals surface area (Å²) in [6.45, 7) is 0.00630. The molecule has 0 aliphatic carbocycles. The smallest absolute Gasteiger partial charge is 0.272 e. The molecule has 3 rings (SSSR count). The Hall–Kier alpha value is -3.48. The lowest BCUT2D eigenvalue weighted by Gasteiger charge is -2.08. The van der Waals surface area contributed by atoms with Crippen LogP contribution in [0.5, 0.6) is 0 Å². The lowest BCUT2D eigenvalue weighted by atomic mass is 10.1. The maximum Gasteiger partial charge on any atom is 0.272 e. The van der Waals surface area contributed by atoms with Crippen molar-refractivity contribution in [3.8, 4) is 0 Å². The Morgan fingerprint density at radius 1 is 0.920 bits per heavy atom. The summed E-state index contributed by atoms with van der Waals surface area (Å²) < 4.78 is 0. The molecule has 0 fully saturated rings. The number of H-pyrrole nitrogens is 1. The van der Waals surface area contributed by atoms with Crippen molar-refractivity contribution in [1.82, 2.24) is 20.8 Å². The monoisotopic (exact) mass is 336 g/mol. The molecule has 0 saturated carbocycles. The number of benzene rings is 2. The number of rotatable bonds is 5. The summed E-state index contributed by atoms with van der Waals surface area (Å²) in [6.07, 6.45) is 0. The van der Waals surface area contributed by atoms with Gasteiger partial charge in [-0.25, -0.2) is 5.10 Å². The predicted octanol–water partition coefficient (Wildman–Crippen LogP) is 0.969. The fourth-order valence-electron chi connectivity index (χ4n) is 2.40. The Morgan fingerprint density at radius 3 is 2.36 bits per heavy atom. The van der Waals surface area contributed by atoms with Gasteiger partial charge in [-0.3, -0.25) is 14.4 Å². The van der Waals surface area contributed by atoms with E-state index in [0.29, 0.717) is 22.0 Å². The van der Waals surface area contributed by atoms with E-state index in [4.69, 9.17) is 0 Å². The van der Waals surface area contributed by atoms with Crippen molar-refractivity contribution >= 4 is 22.6 Å². The molecule has 0 unspecified atom stereocenters. The van der Waals surface area contributed by atoms with E-state index in [1.807, 2.05) is 6.07 Å². The van der Waals surface area contributed by atoms with Gasteiger partial charge in [0, 0.05) is 10.9 Å². The largest absolute Gasteiger partial charge is 0.349 e. The molecule has 126 valence electrons. The molecule has 2 aromatic carbocycles. The first-order chi connectivity index (χ1) is 12.1. The normalized spacial score (nSPS) is 10.4. The van der Waals surface area contributed by atoms with Crippen LogP contribution in [0.25, 0.3) is 10.8 Å². The van der Waals surface area contributed by atoms with Gasteiger partial charge in [0.25, 0.3) is 11.5 Å². The Bertz CT molecular complexity index is 967. The standard InChI is InChI=1S/C18H16N4O3/c23-16(11-20-17(24)12-6-2-1-3-7-12)19-10-15-13-8-4-5-9-14(13)18(25)22-21-15/h1-9H,10-11H2,(H,19,23)(H,20,24)(H,22,25). The van der Waals surface area contributed by atoms with E-state index in [2.05, 4.69) is 20.8 Å². The van der Waals surface area contributed by atoms with Crippen molar-refractivity contribution in [2.45, 2.75) is 6.54 Å². The summed E-state index contributed by atoms with van der Waals surface area (Å²) in [7, 11) is 0. The van der Waals surface area contributed by atoms with Crippen molar-refractivity contribution in [2.75, 3.05) is 6.54 Å². The van der Waals surface area contributed by atoms with E-state index in [-0.39, 0.29) is 30.5 Å². The molecule has 0 radical (unpaired) electrons. The van der Waals surface area contributed by atoms with Gasteiger partial charge in [0.05, 0.1) is 24.2 Å². The van der Waals surface area contributed by atoms with E-state index < -0.39 is 0 Å². The molecule has 3 aromatic rings. The van der Waals surface area contributed by atoms with Gasteiger partial charge in [0.2, 0.25) is 5.91 Å². The van der Waals surface area contributed by atoms with Crippen LogP contribution in [0.15, 0.2) is 59.4 Å². The van der Waals surface area contributed by atoms with Gasteiger partial charge in [-0.15, -0.1) is 0 Å². The molecule has 0 aliphatic rings. The second-order valence-electron chi connectivity index (χ2n) is 5.37. The van der Waals surface area contributed by atoms with Crippen LogP contribution in [-0.2, 0) is 11.3 Å². The first kappa shape index (κ1) is 16.4. The Labute approximate surface area is 143 Å². The zero-order valence-corrected chi connectivity index (χ0v) is 13.3. The molecule has 0 atom stereocenters. The lowest BCUT2D eigenvalue weighted by Crippen LogP contribution is -2.36. The third kappa shape index (κ3) is 3.89. The molecule has 2 amide bonds. The number of nitrogens with one attached hydrogen (secondary N) is 3. The summed E-state index contributed by atoms with van der Waals surface area (Å²) in [4.78, 5) is 35.6. The van der Waals surface area contributed by atoms with Gasteiger partial charge in [-0.2, -0.15) is 5.10 Å². The first-order valence-electron chi connectivity index (χ1n) is 7.71. The molecule has 7 heteroatoms. The van der Waals surface area contributed by atoms with Crippen molar-refractivity contribution in [3.05, 3.63) is 76.2 Å². The number of carbonyl (C=O) groups excluding carboxylic acids is 2. The van der Waals surface area contributed by atoms with E-state index >= 15 is 0 Å². The van der Waals surface area contributed by atoms with E-state index in [1.54, 1.807) is 48.5 Å². The van der Waals surface area contributed by atoms with Crippen LogP contribution in [0.4, 0.5) is 0 Å². The average molecular weight is 336 g/mol. The zero-order chi connectivity index (χ0) is 17.6. The summed E-state index contributed by atoms with van der Waals surface area (Å²) in [5.41, 5.74) is 0.766. The summed E-state index contributed by atoms with van der Waals surface area (Å²) in [5.74, 6) is -0.662. The molecule has 7 nitrogen and oxygen atoms in total. The maximum atomic E-state index is 11.9. The second-order valence-corrected chi connectivity index (χ2v) is 5.37. The number of amides is 2. The molecule has 0 saturated heterocycles. The van der Waals surface area contributed by atoms with Gasteiger partial charge in [0.15, 0.2) is 0 Å². The minimum atomic E-state index is -0.346. The van der Waals surface area contributed by atoms with Crippen LogP contribution < -0.4 is 16.2 Å². The minimum Gasteiger partial charge on any atom is -0.349 e. The van der Waals surface area contributed by atoms with Gasteiger partial charge >= 0.3 is 0 Å². The summed E-state index contributed by atoms with van der Waals surface area (Å²) in [5, 5.41) is 12.8. The van der Waals surface area contributed by atoms with Gasteiger partial charge < -0.3 is 10.6 Å². The van der Waals surface area contributed by atoms with Gasteiger partial charge in [-0.1, -0.05) is 36.4 Å². The van der Waals surface area contributed by atoms with Crippen molar-refractivity contribution < 1.29 is 9.59 Å². The Balaban J connectivity index is 1.59. The minimum absolute atomic E-state index is 0.144. The third-order valence-electron chi connectivity index (χ3n) is 3.67. The molecular formula is C18H16N4O3. The number of fused-ring (bicyclic) bond motifs is 1. The molecule has 0 spiro atoms. The molecule has 0 aliphatic heterocycles. The van der Waals surface area contributed by atoms with Crippen LogP contribution in [0, 0.1) is 0 Å². The summed E-state index contributed by atoms with van der Waals surface area (Å²) >= 11 is 0. The van der Waals surface area contributed by atoms with Crippen LogP contribution in [0.1, 0.15) is 16.1 Å².